The minimum atomic E-state index is -0.469. The van der Waals surface area contributed by atoms with Gasteiger partial charge in [0.1, 0.15) is 0 Å². The highest BCUT2D eigenvalue weighted by atomic mass is 16.5. The van der Waals surface area contributed by atoms with E-state index in [2.05, 4.69) is 5.32 Å². The fourth-order valence-corrected chi connectivity index (χ4v) is 2.64. The van der Waals surface area contributed by atoms with Gasteiger partial charge in [-0.1, -0.05) is 25.7 Å². The number of ether oxygens (including phenoxy) is 1. The Hall–Kier alpha value is -0.610. The van der Waals surface area contributed by atoms with Crippen molar-refractivity contribution in [2.45, 2.75) is 70.3 Å². The van der Waals surface area contributed by atoms with Crippen molar-refractivity contribution in [2.24, 2.45) is 0 Å². The molecule has 0 bridgehead atoms. The van der Waals surface area contributed by atoms with E-state index in [1.165, 1.54) is 6.42 Å². The number of rotatable bonds is 9. The summed E-state index contributed by atoms with van der Waals surface area (Å²) >= 11 is 0. The van der Waals surface area contributed by atoms with E-state index in [-0.39, 0.29) is 5.97 Å². The molecule has 1 saturated carbocycles. The van der Waals surface area contributed by atoms with Crippen molar-refractivity contribution < 1.29 is 14.6 Å². The van der Waals surface area contributed by atoms with Crippen LogP contribution in [0.5, 0.6) is 0 Å². The molecule has 4 heteroatoms. The minimum absolute atomic E-state index is 0.0908. The standard InChI is InChI=1S/C15H29NO3/c1-2-19-14(17)9-5-3-8-12-16-13-15(18)10-6-4-7-11-15/h16,18H,2-13H2,1H3. The third kappa shape index (κ3) is 7.53. The van der Waals surface area contributed by atoms with Gasteiger partial charge in [0.2, 0.25) is 0 Å². The highest BCUT2D eigenvalue weighted by molar-refractivity contribution is 5.69. The minimum Gasteiger partial charge on any atom is -0.466 e. The molecule has 1 fully saturated rings. The first kappa shape index (κ1) is 16.4. The Labute approximate surface area is 116 Å². The van der Waals surface area contributed by atoms with Gasteiger partial charge in [0.25, 0.3) is 0 Å². The van der Waals surface area contributed by atoms with Crippen molar-refractivity contribution in [1.29, 1.82) is 0 Å². The van der Waals surface area contributed by atoms with Crippen LogP contribution in [0.15, 0.2) is 0 Å². The van der Waals surface area contributed by atoms with Gasteiger partial charge >= 0.3 is 5.97 Å². The molecule has 0 spiro atoms. The van der Waals surface area contributed by atoms with Crippen LogP contribution < -0.4 is 5.32 Å². The summed E-state index contributed by atoms with van der Waals surface area (Å²) in [6.45, 7) is 3.94. The first-order chi connectivity index (χ1) is 9.16. The smallest absolute Gasteiger partial charge is 0.305 e. The fraction of sp³-hybridized carbons (Fsp3) is 0.933. The number of carbonyl (C=O) groups is 1. The molecule has 112 valence electrons. The SMILES string of the molecule is CCOC(=O)CCCCCNCC1(O)CCCCC1. The summed E-state index contributed by atoms with van der Waals surface area (Å²) in [6, 6.07) is 0. The van der Waals surface area contributed by atoms with Crippen LogP contribution in [0.3, 0.4) is 0 Å². The van der Waals surface area contributed by atoms with E-state index in [0.717, 1.165) is 51.5 Å². The number of carbonyl (C=O) groups excluding carboxylic acids is 1. The van der Waals surface area contributed by atoms with Gasteiger partial charge in [0.15, 0.2) is 0 Å². The van der Waals surface area contributed by atoms with E-state index in [1.54, 1.807) is 0 Å². The molecule has 1 rings (SSSR count). The van der Waals surface area contributed by atoms with E-state index >= 15 is 0 Å². The molecule has 0 radical (unpaired) electrons. The van der Waals surface area contributed by atoms with E-state index in [9.17, 15) is 9.90 Å². The largest absolute Gasteiger partial charge is 0.466 e. The van der Waals surface area contributed by atoms with Crippen molar-refractivity contribution in [3.05, 3.63) is 0 Å². The summed E-state index contributed by atoms with van der Waals surface area (Å²) in [5.41, 5.74) is -0.469. The van der Waals surface area contributed by atoms with Crippen molar-refractivity contribution in [1.82, 2.24) is 5.32 Å². The van der Waals surface area contributed by atoms with Crippen LogP contribution in [-0.2, 0) is 9.53 Å². The van der Waals surface area contributed by atoms with E-state index in [1.807, 2.05) is 6.92 Å². The maximum Gasteiger partial charge on any atom is 0.305 e. The number of hydrogen-bond donors (Lipinski definition) is 2. The summed E-state index contributed by atoms with van der Waals surface area (Å²) in [7, 11) is 0. The van der Waals surface area contributed by atoms with Gasteiger partial charge < -0.3 is 15.2 Å². The summed E-state index contributed by atoms with van der Waals surface area (Å²) in [5.74, 6) is -0.0908. The summed E-state index contributed by atoms with van der Waals surface area (Å²) < 4.78 is 4.87. The first-order valence-electron chi connectivity index (χ1n) is 7.75. The molecule has 0 heterocycles. The highest BCUT2D eigenvalue weighted by Gasteiger charge is 2.28. The molecule has 0 aromatic heterocycles. The summed E-state index contributed by atoms with van der Waals surface area (Å²) in [4.78, 5) is 11.1. The van der Waals surface area contributed by atoms with Crippen molar-refractivity contribution in [3.8, 4) is 0 Å². The van der Waals surface area contributed by atoms with Crippen molar-refractivity contribution >= 4 is 5.97 Å². The van der Waals surface area contributed by atoms with Gasteiger partial charge in [0.05, 0.1) is 12.2 Å². The molecule has 0 aliphatic heterocycles. The molecule has 4 nitrogen and oxygen atoms in total. The normalized spacial score (nSPS) is 18.2. The zero-order chi connectivity index (χ0) is 14.0. The molecule has 0 atom stereocenters. The average molecular weight is 271 g/mol. The summed E-state index contributed by atoms with van der Waals surface area (Å²) in [5, 5.41) is 13.6. The lowest BCUT2D eigenvalue weighted by Gasteiger charge is -2.32. The molecule has 0 amide bonds. The van der Waals surface area contributed by atoms with Crippen molar-refractivity contribution in [2.75, 3.05) is 19.7 Å². The monoisotopic (exact) mass is 271 g/mol. The zero-order valence-electron chi connectivity index (χ0n) is 12.2. The van der Waals surface area contributed by atoms with E-state index in [0.29, 0.717) is 19.6 Å². The third-order valence-electron chi connectivity index (χ3n) is 3.78. The predicted molar refractivity (Wildman–Crippen MR) is 76.0 cm³/mol. The number of unbranched alkanes of at least 4 members (excludes halogenated alkanes) is 2. The van der Waals surface area contributed by atoms with Crippen LogP contribution in [0.4, 0.5) is 0 Å². The molecule has 0 aromatic rings. The quantitative estimate of drug-likeness (QED) is 0.499. The zero-order valence-corrected chi connectivity index (χ0v) is 12.2. The number of hydrogen-bond acceptors (Lipinski definition) is 4. The van der Waals surface area contributed by atoms with Crippen LogP contribution in [0.2, 0.25) is 0 Å². The Bertz CT molecular complexity index is 250. The van der Waals surface area contributed by atoms with Crippen LogP contribution in [0, 0.1) is 0 Å². The van der Waals surface area contributed by atoms with Crippen LogP contribution in [-0.4, -0.2) is 36.4 Å². The maximum atomic E-state index is 11.1. The molecule has 2 N–H and O–H groups in total. The molecular formula is C15H29NO3. The lowest BCUT2D eigenvalue weighted by Crippen LogP contribution is -2.42. The topological polar surface area (TPSA) is 58.6 Å². The molecule has 0 aromatic carbocycles. The molecule has 0 saturated heterocycles. The average Bonchev–Trinajstić information content (AvgIpc) is 2.39. The van der Waals surface area contributed by atoms with E-state index in [4.69, 9.17) is 4.74 Å². The Kier molecular flexibility index (Phi) is 8.07. The lowest BCUT2D eigenvalue weighted by molar-refractivity contribution is -0.143. The first-order valence-corrected chi connectivity index (χ1v) is 7.75. The van der Waals surface area contributed by atoms with Gasteiger partial charge in [-0.25, -0.2) is 0 Å². The van der Waals surface area contributed by atoms with Crippen LogP contribution in [0.25, 0.3) is 0 Å². The number of nitrogens with one attached hydrogen (secondary N) is 1. The molecule has 1 aliphatic rings. The number of aliphatic hydroxyl groups is 1. The van der Waals surface area contributed by atoms with Gasteiger partial charge in [-0.3, -0.25) is 4.79 Å². The molecular weight excluding hydrogens is 242 g/mol. The second-order valence-corrected chi connectivity index (χ2v) is 5.58. The fourth-order valence-electron chi connectivity index (χ4n) is 2.64. The second kappa shape index (κ2) is 9.32. The Morgan fingerprint density at radius 3 is 2.63 bits per heavy atom. The van der Waals surface area contributed by atoms with E-state index < -0.39 is 5.60 Å². The Morgan fingerprint density at radius 2 is 1.95 bits per heavy atom. The second-order valence-electron chi connectivity index (χ2n) is 5.58. The van der Waals surface area contributed by atoms with Gasteiger partial charge in [-0.15, -0.1) is 0 Å². The van der Waals surface area contributed by atoms with Crippen molar-refractivity contribution in [3.63, 3.8) is 0 Å². The Balaban J connectivity index is 1.92. The van der Waals surface area contributed by atoms with Gasteiger partial charge in [0, 0.05) is 13.0 Å². The molecule has 1 aliphatic carbocycles. The van der Waals surface area contributed by atoms with Crippen LogP contribution in [0.1, 0.15) is 64.7 Å². The van der Waals surface area contributed by atoms with Gasteiger partial charge in [-0.2, -0.15) is 0 Å². The van der Waals surface area contributed by atoms with Gasteiger partial charge in [-0.05, 0) is 39.2 Å². The molecule has 0 unspecified atom stereocenters. The predicted octanol–water partition coefficient (Wildman–Crippen LogP) is 2.39. The highest BCUT2D eigenvalue weighted by Crippen LogP contribution is 2.27. The number of esters is 1. The lowest BCUT2D eigenvalue weighted by atomic mass is 9.85. The third-order valence-corrected chi connectivity index (χ3v) is 3.78. The Morgan fingerprint density at radius 1 is 1.21 bits per heavy atom. The maximum absolute atomic E-state index is 11.1. The summed E-state index contributed by atoms with van der Waals surface area (Å²) in [6.07, 6.45) is 8.93. The molecule has 19 heavy (non-hydrogen) atoms. The van der Waals surface area contributed by atoms with Crippen LogP contribution >= 0.6 is 0 Å².